The molecular weight excluding hydrogens is 464 g/mol. The third-order valence-corrected chi connectivity index (χ3v) is 6.69. The zero-order valence-electron chi connectivity index (χ0n) is 20.2. The van der Waals surface area contributed by atoms with Gasteiger partial charge in [-0.05, 0) is 38.1 Å². The molecule has 0 saturated carbocycles. The van der Waals surface area contributed by atoms with Crippen molar-refractivity contribution in [1.29, 1.82) is 0 Å². The van der Waals surface area contributed by atoms with Crippen molar-refractivity contribution in [2.24, 2.45) is 0 Å². The van der Waals surface area contributed by atoms with Gasteiger partial charge in [0.25, 0.3) is 0 Å². The van der Waals surface area contributed by atoms with Crippen molar-refractivity contribution in [2.45, 2.75) is 19.9 Å². The molecule has 4 heterocycles. The van der Waals surface area contributed by atoms with Crippen LogP contribution in [0.3, 0.4) is 0 Å². The molecule has 2 aliphatic rings. The number of nitrogens with zero attached hydrogens (tertiary/aromatic N) is 6. The Morgan fingerprint density at radius 1 is 1.03 bits per heavy atom. The molecule has 2 aliphatic heterocycles. The highest BCUT2D eigenvalue weighted by atomic mass is 35.5. The quantitative estimate of drug-likeness (QED) is 0.506. The Labute approximate surface area is 211 Å². The van der Waals surface area contributed by atoms with Crippen LogP contribution in [0.1, 0.15) is 13.8 Å². The number of benzene rings is 1. The van der Waals surface area contributed by atoms with Crippen molar-refractivity contribution >= 4 is 29.2 Å². The predicted octanol–water partition coefficient (Wildman–Crippen LogP) is 4.14. The molecule has 184 valence electrons. The average molecular weight is 495 g/mol. The number of rotatable bonds is 6. The monoisotopic (exact) mass is 494 g/mol. The van der Waals surface area contributed by atoms with Gasteiger partial charge in [-0.3, -0.25) is 0 Å². The summed E-state index contributed by atoms with van der Waals surface area (Å²) in [4.78, 5) is 21.3. The summed E-state index contributed by atoms with van der Waals surface area (Å²) in [5.41, 5.74) is 1.90. The standard InChI is InChI=1S/C26H31ClN6O2/c1-3-35-21-7-4-6-20(16-21)23-17-24(30-26(29-23)31-12-14-34-15-13-31)33-11-10-32(18-19(33)2)25-22(27)8-5-9-28-25/h4-9,16-17,19H,3,10-15,18H2,1-2H3. The van der Waals surface area contributed by atoms with Crippen LogP contribution in [0.4, 0.5) is 17.6 Å². The van der Waals surface area contributed by atoms with Crippen LogP contribution in [-0.4, -0.2) is 73.5 Å². The lowest BCUT2D eigenvalue weighted by Crippen LogP contribution is -2.53. The van der Waals surface area contributed by atoms with Gasteiger partial charge in [-0.25, -0.2) is 9.97 Å². The van der Waals surface area contributed by atoms with E-state index in [2.05, 4.69) is 38.7 Å². The number of halogens is 1. The van der Waals surface area contributed by atoms with Crippen molar-refractivity contribution in [3.8, 4) is 17.0 Å². The first-order valence-electron chi connectivity index (χ1n) is 12.2. The molecule has 1 atom stereocenters. The first-order valence-corrected chi connectivity index (χ1v) is 12.6. The number of hydrogen-bond acceptors (Lipinski definition) is 8. The first-order chi connectivity index (χ1) is 17.1. The zero-order chi connectivity index (χ0) is 24.2. The van der Waals surface area contributed by atoms with Crippen LogP contribution in [0.25, 0.3) is 11.3 Å². The third-order valence-electron chi connectivity index (χ3n) is 6.40. The topological polar surface area (TPSA) is 66.9 Å². The Morgan fingerprint density at radius 2 is 1.89 bits per heavy atom. The van der Waals surface area contributed by atoms with Crippen LogP contribution in [0, 0.1) is 0 Å². The van der Waals surface area contributed by atoms with Gasteiger partial charge in [-0.15, -0.1) is 0 Å². The Bertz CT molecular complexity index is 1160. The van der Waals surface area contributed by atoms with E-state index in [4.69, 9.17) is 31.0 Å². The van der Waals surface area contributed by atoms with Gasteiger partial charge in [0.15, 0.2) is 0 Å². The highest BCUT2D eigenvalue weighted by Gasteiger charge is 2.28. The van der Waals surface area contributed by atoms with E-state index in [0.29, 0.717) is 24.8 Å². The minimum absolute atomic E-state index is 0.219. The molecule has 1 unspecified atom stereocenters. The van der Waals surface area contributed by atoms with Crippen molar-refractivity contribution in [3.63, 3.8) is 0 Å². The summed E-state index contributed by atoms with van der Waals surface area (Å²) in [6.45, 7) is 10.2. The summed E-state index contributed by atoms with van der Waals surface area (Å²) >= 11 is 6.42. The van der Waals surface area contributed by atoms with Crippen molar-refractivity contribution in [1.82, 2.24) is 15.0 Å². The maximum Gasteiger partial charge on any atom is 0.228 e. The maximum absolute atomic E-state index is 6.42. The highest BCUT2D eigenvalue weighted by molar-refractivity contribution is 6.32. The fourth-order valence-corrected chi connectivity index (χ4v) is 4.88. The molecule has 8 nitrogen and oxygen atoms in total. The Kier molecular flexibility index (Phi) is 7.20. The maximum atomic E-state index is 6.42. The third kappa shape index (κ3) is 5.28. The second-order valence-corrected chi connectivity index (χ2v) is 9.18. The van der Waals surface area contributed by atoms with Crippen LogP contribution in [0.15, 0.2) is 48.7 Å². The van der Waals surface area contributed by atoms with Crippen LogP contribution in [-0.2, 0) is 4.74 Å². The lowest BCUT2D eigenvalue weighted by atomic mass is 10.1. The molecule has 3 aromatic rings. The number of hydrogen-bond donors (Lipinski definition) is 0. The van der Waals surface area contributed by atoms with E-state index in [1.807, 2.05) is 37.3 Å². The van der Waals surface area contributed by atoms with E-state index in [1.54, 1.807) is 6.20 Å². The molecule has 2 aromatic heterocycles. The summed E-state index contributed by atoms with van der Waals surface area (Å²) in [7, 11) is 0. The number of ether oxygens (including phenoxy) is 2. The highest BCUT2D eigenvalue weighted by Crippen LogP contribution is 2.31. The number of anilines is 3. The largest absolute Gasteiger partial charge is 0.494 e. The number of piperazine rings is 1. The lowest BCUT2D eigenvalue weighted by molar-refractivity contribution is 0.122. The predicted molar refractivity (Wildman–Crippen MR) is 140 cm³/mol. The number of aromatic nitrogens is 3. The molecule has 1 aromatic carbocycles. The van der Waals surface area contributed by atoms with Crippen LogP contribution in [0.5, 0.6) is 5.75 Å². The van der Waals surface area contributed by atoms with Gasteiger partial charge in [0, 0.05) is 56.6 Å². The Balaban J connectivity index is 1.46. The molecule has 35 heavy (non-hydrogen) atoms. The molecular formula is C26H31ClN6O2. The van der Waals surface area contributed by atoms with Crippen LogP contribution in [0.2, 0.25) is 5.02 Å². The molecule has 0 aliphatic carbocycles. The molecule has 0 bridgehead atoms. The van der Waals surface area contributed by atoms with E-state index in [9.17, 15) is 0 Å². The molecule has 0 spiro atoms. The second-order valence-electron chi connectivity index (χ2n) is 8.77. The van der Waals surface area contributed by atoms with E-state index < -0.39 is 0 Å². The Morgan fingerprint density at radius 3 is 2.66 bits per heavy atom. The van der Waals surface area contributed by atoms with E-state index in [0.717, 1.165) is 67.3 Å². The molecule has 2 saturated heterocycles. The van der Waals surface area contributed by atoms with Gasteiger partial charge in [-0.2, -0.15) is 4.98 Å². The smallest absolute Gasteiger partial charge is 0.228 e. The van der Waals surface area contributed by atoms with Gasteiger partial charge in [-0.1, -0.05) is 23.7 Å². The normalized spacial score (nSPS) is 18.6. The summed E-state index contributed by atoms with van der Waals surface area (Å²) in [5, 5.41) is 0.682. The van der Waals surface area contributed by atoms with Crippen molar-refractivity contribution < 1.29 is 9.47 Å². The average Bonchev–Trinajstić information content (AvgIpc) is 2.89. The summed E-state index contributed by atoms with van der Waals surface area (Å²) < 4.78 is 11.3. The van der Waals surface area contributed by atoms with Gasteiger partial charge < -0.3 is 24.2 Å². The van der Waals surface area contributed by atoms with Gasteiger partial charge in [0.1, 0.15) is 17.4 Å². The number of morpholine rings is 1. The minimum Gasteiger partial charge on any atom is -0.494 e. The van der Waals surface area contributed by atoms with Gasteiger partial charge in [0.05, 0.1) is 30.5 Å². The molecule has 9 heteroatoms. The van der Waals surface area contributed by atoms with Crippen LogP contribution >= 0.6 is 11.6 Å². The fourth-order valence-electron chi connectivity index (χ4n) is 4.63. The van der Waals surface area contributed by atoms with Crippen molar-refractivity contribution in [2.75, 3.05) is 67.2 Å². The molecule has 0 amide bonds. The minimum atomic E-state index is 0.219. The fraction of sp³-hybridized carbons (Fsp3) is 0.423. The van der Waals surface area contributed by atoms with Gasteiger partial charge >= 0.3 is 0 Å². The Hall–Kier alpha value is -3.10. The van der Waals surface area contributed by atoms with E-state index in [1.165, 1.54) is 0 Å². The SMILES string of the molecule is CCOc1cccc(-c2cc(N3CCN(c4ncccc4Cl)CC3C)nc(N3CCOCC3)n2)c1. The van der Waals surface area contributed by atoms with Crippen molar-refractivity contribution in [3.05, 3.63) is 53.7 Å². The van der Waals surface area contributed by atoms with E-state index in [-0.39, 0.29) is 6.04 Å². The molecule has 2 fully saturated rings. The second kappa shape index (κ2) is 10.7. The summed E-state index contributed by atoms with van der Waals surface area (Å²) in [5.74, 6) is 3.35. The molecule has 0 N–H and O–H groups in total. The molecule has 5 rings (SSSR count). The summed E-state index contributed by atoms with van der Waals surface area (Å²) in [6, 6.07) is 14.2. The lowest BCUT2D eigenvalue weighted by Gasteiger charge is -2.41. The molecule has 0 radical (unpaired) electrons. The van der Waals surface area contributed by atoms with Gasteiger partial charge in [0.2, 0.25) is 5.95 Å². The van der Waals surface area contributed by atoms with E-state index >= 15 is 0 Å². The first kappa shape index (κ1) is 23.6. The zero-order valence-corrected chi connectivity index (χ0v) is 21.0. The van der Waals surface area contributed by atoms with Crippen LogP contribution < -0.4 is 19.4 Å². The summed E-state index contributed by atoms with van der Waals surface area (Å²) in [6.07, 6.45) is 1.79. The number of pyridine rings is 1.